The van der Waals surface area contributed by atoms with Crippen molar-refractivity contribution in [2.24, 2.45) is 5.73 Å². The molecule has 2 heterocycles. The van der Waals surface area contributed by atoms with Crippen molar-refractivity contribution in [1.82, 2.24) is 4.98 Å². The van der Waals surface area contributed by atoms with Gasteiger partial charge in [-0.05, 0) is 12.1 Å². The van der Waals surface area contributed by atoms with Gasteiger partial charge in [-0.25, -0.2) is 0 Å². The number of nitrogens with two attached hydrogens (primary N) is 1. The SMILES string of the molecule is COc1csc(C(N)c2cccc3cccnc23)c1. The molecule has 1 atom stereocenters. The topological polar surface area (TPSA) is 48.1 Å². The number of fused-ring (bicyclic) bond motifs is 1. The average molecular weight is 270 g/mol. The van der Waals surface area contributed by atoms with Crippen molar-refractivity contribution in [2.75, 3.05) is 7.11 Å². The predicted octanol–water partition coefficient (Wildman–Crippen LogP) is 3.35. The predicted molar refractivity (Wildman–Crippen MR) is 78.6 cm³/mol. The zero-order valence-electron chi connectivity index (χ0n) is 10.5. The van der Waals surface area contributed by atoms with Crippen LogP contribution in [-0.4, -0.2) is 12.1 Å². The lowest BCUT2D eigenvalue weighted by Crippen LogP contribution is -2.11. The van der Waals surface area contributed by atoms with Crippen molar-refractivity contribution in [3.8, 4) is 5.75 Å². The van der Waals surface area contributed by atoms with E-state index in [-0.39, 0.29) is 6.04 Å². The largest absolute Gasteiger partial charge is 0.496 e. The molecule has 3 nitrogen and oxygen atoms in total. The Morgan fingerprint density at radius 2 is 2.11 bits per heavy atom. The number of ether oxygens (including phenoxy) is 1. The summed E-state index contributed by atoms with van der Waals surface area (Å²) in [6.45, 7) is 0. The monoisotopic (exact) mass is 270 g/mol. The van der Waals surface area contributed by atoms with Crippen molar-refractivity contribution in [3.63, 3.8) is 0 Å². The Bertz CT molecular complexity index is 703. The quantitative estimate of drug-likeness (QED) is 0.794. The summed E-state index contributed by atoms with van der Waals surface area (Å²) >= 11 is 1.61. The van der Waals surface area contributed by atoms with Crippen LogP contribution in [0.2, 0.25) is 0 Å². The molecule has 19 heavy (non-hydrogen) atoms. The maximum Gasteiger partial charge on any atom is 0.129 e. The molecule has 0 aliphatic heterocycles. The molecule has 4 heteroatoms. The Kier molecular flexibility index (Phi) is 3.19. The van der Waals surface area contributed by atoms with Crippen molar-refractivity contribution in [1.29, 1.82) is 0 Å². The zero-order chi connectivity index (χ0) is 13.2. The van der Waals surface area contributed by atoms with E-state index < -0.39 is 0 Å². The van der Waals surface area contributed by atoms with E-state index in [0.717, 1.165) is 27.1 Å². The number of nitrogens with zero attached hydrogens (tertiary/aromatic N) is 1. The highest BCUT2D eigenvalue weighted by atomic mass is 32.1. The first-order valence-corrected chi connectivity index (χ1v) is 6.89. The molecule has 96 valence electrons. The van der Waals surface area contributed by atoms with E-state index >= 15 is 0 Å². The minimum absolute atomic E-state index is 0.174. The van der Waals surface area contributed by atoms with Crippen LogP contribution in [0.1, 0.15) is 16.5 Å². The zero-order valence-corrected chi connectivity index (χ0v) is 11.4. The molecule has 3 aromatic rings. The lowest BCUT2D eigenvalue weighted by molar-refractivity contribution is 0.416. The minimum Gasteiger partial charge on any atom is -0.496 e. The van der Waals surface area contributed by atoms with Gasteiger partial charge in [0.15, 0.2) is 0 Å². The van der Waals surface area contributed by atoms with Gasteiger partial charge in [-0.2, -0.15) is 0 Å². The molecule has 0 aliphatic carbocycles. The molecule has 0 amide bonds. The molecule has 0 saturated carbocycles. The molecule has 2 N–H and O–H groups in total. The van der Waals surface area contributed by atoms with Crippen LogP contribution in [0.25, 0.3) is 10.9 Å². The van der Waals surface area contributed by atoms with Gasteiger partial charge in [-0.1, -0.05) is 24.3 Å². The van der Waals surface area contributed by atoms with E-state index in [2.05, 4.69) is 4.98 Å². The van der Waals surface area contributed by atoms with Crippen molar-refractivity contribution < 1.29 is 4.74 Å². The van der Waals surface area contributed by atoms with Crippen LogP contribution in [0.4, 0.5) is 0 Å². The Labute approximate surface area is 115 Å². The summed E-state index contributed by atoms with van der Waals surface area (Å²) in [5.74, 6) is 0.851. The normalized spacial score (nSPS) is 12.5. The highest BCUT2D eigenvalue weighted by molar-refractivity contribution is 7.10. The fourth-order valence-corrected chi connectivity index (χ4v) is 3.01. The van der Waals surface area contributed by atoms with Crippen LogP contribution in [-0.2, 0) is 0 Å². The van der Waals surface area contributed by atoms with Gasteiger partial charge in [0.05, 0.1) is 18.7 Å². The smallest absolute Gasteiger partial charge is 0.129 e. The number of thiophene rings is 1. The van der Waals surface area contributed by atoms with Crippen molar-refractivity contribution >= 4 is 22.2 Å². The van der Waals surface area contributed by atoms with Crippen molar-refractivity contribution in [3.05, 3.63) is 58.4 Å². The van der Waals surface area contributed by atoms with Gasteiger partial charge < -0.3 is 10.5 Å². The number of pyridine rings is 1. The highest BCUT2D eigenvalue weighted by Crippen LogP contribution is 2.31. The van der Waals surface area contributed by atoms with Crippen LogP contribution >= 0.6 is 11.3 Å². The van der Waals surface area contributed by atoms with Crippen LogP contribution in [0, 0.1) is 0 Å². The van der Waals surface area contributed by atoms with E-state index in [1.54, 1.807) is 24.6 Å². The third kappa shape index (κ3) is 2.20. The van der Waals surface area contributed by atoms with Gasteiger partial charge in [0.1, 0.15) is 5.75 Å². The number of para-hydroxylation sites is 1. The Balaban J connectivity index is 2.08. The number of aromatic nitrogens is 1. The maximum atomic E-state index is 6.37. The summed E-state index contributed by atoms with van der Waals surface area (Å²) < 4.78 is 5.21. The van der Waals surface area contributed by atoms with Crippen LogP contribution in [0.3, 0.4) is 0 Å². The summed E-state index contributed by atoms with van der Waals surface area (Å²) in [4.78, 5) is 5.53. The Morgan fingerprint density at radius 1 is 1.26 bits per heavy atom. The third-order valence-corrected chi connectivity index (χ3v) is 4.13. The van der Waals surface area contributed by atoms with Gasteiger partial charge in [0.25, 0.3) is 0 Å². The molecule has 0 fully saturated rings. The second-order valence-corrected chi connectivity index (χ2v) is 5.23. The van der Waals surface area contributed by atoms with Gasteiger partial charge in [-0.15, -0.1) is 11.3 Å². The summed E-state index contributed by atoms with van der Waals surface area (Å²) in [7, 11) is 1.66. The van der Waals surface area contributed by atoms with Gasteiger partial charge in [0, 0.05) is 27.4 Å². The molecular weight excluding hydrogens is 256 g/mol. The highest BCUT2D eigenvalue weighted by Gasteiger charge is 2.15. The Morgan fingerprint density at radius 3 is 2.89 bits per heavy atom. The lowest BCUT2D eigenvalue weighted by atomic mass is 10.0. The van der Waals surface area contributed by atoms with Gasteiger partial charge in [-0.3, -0.25) is 4.98 Å². The van der Waals surface area contributed by atoms with E-state index in [1.165, 1.54) is 0 Å². The van der Waals surface area contributed by atoms with E-state index in [4.69, 9.17) is 10.5 Å². The summed E-state index contributed by atoms with van der Waals surface area (Å²) in [5, 5.41) is 3.08. The molecule has 0 saturated heterocycles. The van der Waals surface area contributed by atoms with Crippen LogP contribution in [0.15, 0.2) is 48.0 Å². The summed E-state index contributed by atoms with van der Waals surface area (Å²) in [6, 6.07) is 11.9. The van der Waals surface area contributed by atoms with E-state index in [1.807, 2.05) is 41.8 Å². The van der Waals surface area contributed by atoms with E-state index in [0.29, 0.717) is 0 Å². The number of hydrogen-bond donors (Lipinski definition) is 1. The molecule has 2 aromatic heterocycles. The first-order chi connectivity index (χ1) is 9.29. The number of hydrogen-bond acceptors (Lipinski definition) is 4. The van der Waals surface area contributed by atoms with Crippen molar-refractivity contribution in [2.45, 2.75) is 6.04 Å². The average Bonchev–Trinajstić information content (AvgIpc) is 2.95. The van der Waals surface area contributed by atoms with Crippen LogP contribution < -0.4 is 10.5 Å². The first-order valence-electron chi connectivity index (χ1n) is 6.01. The Hall–Kier alpha value is -1.91. The van der Waals surface area contributed by atoms with Gasteiger partial charge in [0.2, 0.25) is 0 Å². The molecule has 0 bridgehead atoms. The molecule has 1 unspecified atom stereocenters. The number of benzene rings is 1. The molecule has 1 aromatic carbocycles. The number of rotatable bonds is 3. The molecule has 3 rings (SSSR count). The second kappa shape index (κ2) is 4.99. The fourth-order valence-electron chi connectivity index (χ4n) is 2.14. The standard InChI is InChI=1S/C15H14N2OS/c1-18-11-8-13(19-9-11)14(16)12-6-2-4-10-5-3-7-17-15(10)12/h2-9,14H,16H2,1H3. The second-order valence-electron chi connectivity index (χ2n) is 4.29. The third-order valence-electron chi connectivity index (χ3n) is 3.14. The lowest BCUT2D eigenvalue weighted by Gasteiger charge is -2.12. The summed E-state index contributed by atoms with van der Waals surface area (Å²) in [6.07, 6.45) is 1.80. The summed E-state index contributed by atoms with van der Waals surface area (Å²) in [5.41, 5.74) is 8.37. The van der Waals surface area contributed by atoms with Crippen LogP contribution in [0.5, 0.6) is 5.75 Å². The van der Waals surface area contributed by atoms with E-state index in [9.17, 15) is 0 Å². The molecule has 0 radical (unpaired) electrons. The minimum atomic E-state index is -0.174. The fraction of sp³-hybridized carbons (Fsp3) is 0.133. The molecule has 0 spiro atoms. The maximum absolute atomic E-state index is 6.37. The van der Waals surface area contributed by atoms with Gasteiger partial charge >= 0.3 is 0 Å². The number of methoxy groups -OCH3 is 1. The molecular formula is C15H14N2OS. The first kappa shape index (κ1) is 12.1. The molecule has 0 aliphatic rings.